The van der Waals surface area contributed by atoms with Gasteiger partial charge in [-0.1, -0.05) is 17.7 Å². The summed E-state index contributed by atoms with van der Waals surface area (Å²) in [4.78, 5) is 0. The van der Waals surface area contributed by atoms with Crippen molar-refractivity contribution in [2.24, 2.45) is 0 Å². The number of rotatable bonds is 4. The molecule has 0 amide bonds. The third kappa shape index (κ3) is 3.01. The molecule has 0 saturated carbocycles. The van der Waals surface area contributed by atoms with Crippen LogP contribution in [0.3, 0.4) is 0 Å². The van der Waals surface area contributed by atoms with Gasteiger partial charge in [0.15, 0.2) is 0 Å². The average Bonchev–Trinajstić information content (AvgIpc) is 2.16. The number of hydrogen-bond acceptors (Lipinski definition) is 2. The molecule has 0 heterocycles. The molecule has 0 aromatic heterocycles. The van der Waals surface area contributed by atoms with Crippen molar-refractivity contribution < 1.29 is 9.50 Å². The molecule has 1 rings (SSSR count). The Morgan fingerprint density at radius 2 is 2.21 bits per heavy atom. The van der Waals surface area contributed by atoms with E-state index in [-0.39, 0.29) is 23.1 Å². The molecule has 2 nitrogen and oxygen atoms in total. The number of nitrogens with one attached hydrogen (secondary N) is 1. The molecule has 0 fully saturated rings. The maximum Gasteiger partial charge on any atom is 0.147 e. The van der Waals surface area contributed by atoms with Gasteiger partial charge in [0.25, 0.3) is 0 Å². The molecule has 0 saturated heterocycles. The molecule has 1 unspecified atom stereocenters. The zero-order valence-electron chi connectivity index (χ0n) is 7.30. The molecule has 0 spiro atoms. The van der Waals surface area contributed by atoms with Gasteiger partial charge >= 0.3 is 0 Å². The van der Waals surface area contributed by atoms with Crippen molar-refractivity contribution in [3.63, 3.8) is 0 Å². The van der Waals surface area contributed by atoms with E-state index in [2.05, 4.69) is 5.32 Å². The first-order valence-electron chi connectivity index (χ1n) is 4.07. The van der Waals surface area contributed by atoms with Crippen LogP contribution in [0.15, 0.2) is 18.2 Å². The smallest absolute Gasteiger partial charge is 0.147 e. The number of hydrogen-bond donors (Lipinski definition) is 2. The van der Waals surface area contributed by atoms with Crippen molar-refractivity contribution >= 4 is 28.9 Å². The van der Waals surface area contributed by atoms with Gasteiger partial charge in [0.2, 0.25) is 0 Å². The summed E-state index contributed by atoms with van der Waals surface area (Å²) in [6, 6.07) is 4.38. The lowest BCUT2D eigenvalue weighted by molar-refractivity contribution is 0.211. The summed E-state index contributed by atoms with van der Waals surface area (Å²) in [6.07, 6.45) is -0.715. The number of aliphatic hydroxyl groups is 1. The van der Waals surface area contributed by atoms with E-state index >= 15 is 0 Å². The van der Waals surface area contributed by atoms with Crippen LogP contribution in [-0.2, 0) is 0 Å². The Morgan fingerprint density at radius 1 is 1.50 bits per heavy atom. The maximum atomic E-state index is 13.1. The second kappa shape index (κ2) is 5.39. The van der Waals surface area contributed by atoms with E-state index in [1.165, 1.54) is 12.1 Å². The van der Waals surface area contributed by atoms with E-state index in [0.29, 0.717) is 0 Å². The van der Waals surface area contributed by atoms with E-state index in [1.807, 2.05) is 0 Å². The first kappa shape index (κ1) is 11.6. The Labute approximate surface area is 91.6 Å². The van der Waals surface area contributed by atoms with Crippen LogP contribution >= 0.6 is 23.2 Å². The van der Waals surface area contributed by atoms with Gasteiger partial charge in [-0.15, -0.1) is 11.6 Å². The predicted octanol–water partition coefficient (Wildman–Crippen LogP) is 2.49. The Bertz CT molecular complexity index is 289. The van der Waals surface area contributed by atoms with Crippen molar-refractivity contribution in [1.82, 2.24) is 0 Å². The molecular weight excluding hydrogens is 228 g/mol. The summed E-state index contributed by atoms with van der Waals surface area (Å²) >= 11 is 11.1. The standard InChI is InChI=1S/C9H10Cl2FNO/c10-4-6(14)5-13-9-7(11)2-1-3-8(9)12/h1-3,6,13-14H,4-5H2. The Balaban J connectivity index is 2.66. The normalized spacial score (nSPS) is 12.6. The topological polar surface area (TPSA) is 32.3 Å². The molecule has 0 bridgehead atoms. The van der Waals surface area contributed by atoms with Gasteiger partial charge in [-0.05, 0) is 12.1 Å². The van der Waals surface area contributed by atoms with E-state index < -0.39 is 11.9 Å². The molecule has 14 heavy (non-hydrogen) atoms. The highest BCUT2D eigenvalue weighted by Crippen LogP contribution is 2.24. The second-order valence-electron chi connectivity index (χ2n) is 2.79. The number of para-hydroxylation sites is 1. The molecule has 1 aromatic carbocycles. The molecule has 5 heteroatoms. The SMILES string of the molecule is OC(CCl)CNc1c(F)cccc1Cl. The van der Waals surface area contributed by atoms with Crippen molar-refractivity contribution in [3.8, 4) is 0 Å². The number of anilines is 1. The highest BCUT2D eigenvalue weighted by Gasteiger charge is 2.08. The zero-order valence-corrected chi connectivity index (χ0v) is 8.82. The van der Waals surface area contributed by atoms with Gasteiger partial charge in [0.1, 0.15) is 5.82 Å². The largest absolute Gasteiger partial charge is 0.390 e. The summed E-state index contributed by atoms with van der Waals surface area (Å²) < 4.78 is 13.1. The number of benzene rings is 1. The van der Waals surface area contributed by atoms with E-state index in [9.17, 15) is 4.39 Å². The van der Waals surface area contributed by atoms with Crippen LogP contribution < -0.4 is 5.32 Å². The quantitative estimate of drug-likeness (QED) is 0.790. The van der Waals surface area contributed by atoms with Crippen LogP contribution in [0.25, 0.3) is 0 Å². The Morgan fingerprint density at radius 3 is 2.79 bits per heavy atom. The summed E-state index contributed by atoms with van der Waals surface area (Å²) in [5.74, 6) is -0.349. The monoisotopic (exact) mass is 237 g/mol. The summed E-state index contributed by atoms with van der Waals surface area (Å²) in [7, 11) is 0. The second-order valence-corrected chi connectivity index (χ2v) is 3.50. The zero-order chi connectivity index (χ0) is 10.6. The number of aliphatic hydroxyl groups excluding tert-OH is 1. The molecule has 0 aliphatic carbocycles. The Kier molecular flexibility index (Phi) is 4.45. The van der Waals surface area contributed by atoms with Crippen LogP contribution in [0.1, 0.15) is 0 Å². The first-order valence-corrected chi connectivity index (χ1v) is 4.98. The van der Waals surface area contributed by atoms with Crippen LogP contribution in [0.4, 0.5) is 10.1 Å². The molecule has 0 aliphatic rings. The van der Waals surface area contributed by atoms with E-state index in [4.69, 9.17) is 28.3 Å². The van der Waals surface area contributed by atoms with Crippen LogP contribution in [0.5, 0.6) is 0 Å². The summed E-state index contributed by atoms with van der Waals surface area (Å²) in [6.45, 7) is 0.171. The maximum absolute atomic E-state index is 13.1. The predicted molar refractivity (Wildman–Crippen MR) is 56.6 cm³/mol. The average molecular weight is 238 g/mol. The molecule has 0 aliphatic heterocycles. The van der Waals surface area contributed by atoms with Gasteiger partial charge in [0.05, 0.1) is 22.7 Å². The van der Waals surface area contributed by atoms with Crippen molar-refractivity contribution in [1.29, 1.82) is 0 Å². The van der Waals surface area contributed by atoms with Crippen LogP contribution in [0.2, 0.25) is 5.02 Å². The first-order chi connectivity index (χ1) is 6.65. The van der Waals surface area contributed by atoms with Crippen LogP contribution in [0, 0.1) is 5.82 Å². The highest BCUT2D eigenvalue weighted by atomic mass is 35.5. The van der Waals surface area contributed by atoms with Gasteiger partial charge in [-0.3, -0.25) is 0 Å². The fourth-order valence-electron chi connectivity index (χ4n) is 0.941. The lowest BCUT2D eigenvalue weighted by Gasteiger charge is -2.11. The Hall–Kier alpha value is -0.510. The lowest BCUT2D eigenvalue weighted by Crippen LogP contribution is -2.21. The van der Waals surface area contributed by atoms with Gasteiger partial charge in [-0.25, -0.2) is 4.39 Å². The highest BCUT2D eigenvalue weighted by molar-refractivity contribution is 6.33. The summed E-state index contributed by atoms with van der Waals surface area (Å²) in [5.41, 5.74) is 0.193. The molecule has 0 radical (unpaired) electrons. The molecular formula is C9H10Cl2FNO. The molecule has 1 aromatic rings. The van der Waals surface area contributed by atoms with Crippen LogP contribution in [-0.4, -0.2) is 23.6 Å². The third-order valence-electron chi connectivity index (χ3n) is 1.66. The third-order valence-corrected chi connectivity index (χ3v) is 2.33. The molecule has 78 valence electrons. The van der Waals surface area contributed by atoms with Crippen molar-refractivity contribution in [2.75, 3.05) is 17.7 Å². The minimum atomic E-state index is -0.715. The minimum Gasteiger partial charge on any atom is -0.390 e. The van der Waals surface area contributed by atoms with Gasteiger partial charge in [0, 0.05) is 6.54 Å². The summed E-state index contributed by atoms with van der Waals surface area (Å²) in [5, 5.41) is 12.1. The van der Waals surface area contributed by atoms with E-state index in [0.717, 1.165) is 0 Å². The van der Waals surface area contributed by atoms with E-state index in [1.54, 1.807) is 6.07 Å². The van der Waals surface area contributed by atoms with Gasteiger partial charge in [-0.2, -0.15) is 0 Å². The fraction of sp³-hybridized carbons (Fsp3) is 0.333. The number of alkyl halides is 1. The molecule has 1 atom stereocenters. The molecule has 2 N–H and O–H groups in total. The van der Waals surface area contributed by atoms with Crippen molar-refractivity contribution in [3.05, 3.63) is 29.0 Å². The van der Waals surface area contributed by atoms with Crippen molar-refractivity contribution in [2.45, 2.75) is 6.10 Å². The number of halogens is 3. The fourth-order valence-corrected chi connectivity index (χ4v) is 1.28. The minimum absolute atomic E-state index is 0.0963. The lowest BCUT2D eigenvalue weighted by atomic mass is 10.3. The van der Waals surface area contributed by atoms with Gasteiger partial charge < -0.3 is 10.4 Å².